The fourth-order valence-electron chi connectivity index (χ4n) is 1.58. The van der Waals surface area contributed by atoms with Crippen LogP contribution >= 0.6 is 0 Å². The van der Waals surface area contributed by atoms with Crippen molar-refractivity contribution in [1.29, 1.82) is 0 Å². The van der Waals surface area contributed by atoms with Crippen molar-refractivity contribution in [2.24, 2.45) is 5.10 Å². The number of hydrogen-bond donors (Lipinski definition) is 3. The smallest absolute Gasteiger partial charge is 0.271 e. The first kappa shape index (κ1) is 13.6. The third-order valence-electron chi connectivity index (χ3n) is 2.74. The topological polar surface area (TPSA) is 81.9 Å². The summed E-state index contributed by atoms with van der Waals surface area (Å²) in [5.74, 6) is -0.0804. The lowest BCUT2D eigenvalue weighted by Gasteiger charge is -2.03. The molecule has 20 heavy (non-hydrogen) atoms. The summed E-state index contributed by atoms with van der Waals surface area (Å²) in [4.78, 5) is 11.8. The third-order valence-corrected chi connectivity index (χ3v) is 2.74. The molecule has 0 heterocycles. The van der Waals surface area contributed by atoms with E-state index < -0.39 is 0 Å². The highest BCUT2D eigenvalue weighted by Crippen LogP contribution is 2.11. The highest BCUT2D eigenvalue weighted by Gasteiger charge is 2.04. The third kappa shape index (κ3) is 3.35. The van der Waals surface area contributed by atoms with Crippen molar-refractivity contribution in [1.82, 2.24) is 5.43 Å². The molecular formula is C15H14N2O3. The van der Waals surface area contributed by atoms with E-state index in [0.29, 0.717) is 11.3 Å². The monoisotopic (exact) mass is 270 g/mol. The van der Waals surface area contributed by atoms with Crippen molar-refractivity contribution < 1.29 is 15.0 Å². The second-order valence-corrected chi connectivity index (χ2v) is 4.23. The number of phenolic OH excluding ortho intramolecular Hbond substituents is 2. The van der Waals surface area contributed by atoms with Gasteiger partial charge < -0.3 is 10.2 Å². The summed E-state index contributed by atoms with van der Waals surface area (Å²) < 4.78 is 0. The molecule has 0 fully saturated rings. The quantitative estimate of drug-likeness (QED) is 0.591. The van der Waals surface area contributed by atoms with E-state index in [1.54, 1.807) is 31.2 Å². The minimum atomic E-state index is -0.358. The standard InChI is InChI=1S/C15H14N2O3/c1-10(11-2-6-13(18)7-3-11)16-17-15(20)12-4-8-14(19)9-5-12/h2-9,18-19H,1H3,(H,17,20). The van der Waals surface area contributed by atoms with Crippen molar-refractivity contribution in [2.75, 3.05) is 0 Å². The van der Waals surface area contributed by atoms with Crippen LogP contribution in [0.1, 0.15) is 22.8 Å². The molecule has 0 radical (unpaired) electrons. The van der Waals surface area contributed by atoms with E-state index in [2.05, 4.69) is 10.5 Å². The van der Waals surface area contributed by atoms with Gasteiger partial charge in [-0.15, -0.1) is 0 Å². The molecule has 0 aliphatic heterocycles. The lowest BCUT2D eigenvalue weighted by atomic mass is 10.1. The number of carbonyl (C=O) groups excluding carboxylic acids is 1. The van der Waals surface area contributed by atoms with Gasteiger partial charge in [0, 0.05) is 5.56 Å². The van der Waals surface area contributed by atoms with Crippen LogP contribution in [-0.2, 0) is 0 Å². The van der Waals surface area contributed by atoms with Crippen LogP contribution in [0.4, 0.5) is 0 Å². The van der Waals surface area contributed by atoms with Crippen molar-refractivity contribution in [3.8, 4) is 11.5 Å². The molecule has 2 rings (SSSR count). The van der Waals surface area contributed by atoms with E-state index in [1.807, 2.05) is 0 Å². The number of phenols is 2. The highest BCUT2D eigenvalue weighted by atomic mass is 16.3. The number of nitrogens with one attached hydrogen (secondary N) is 1. The number of hydrazone groups is 1. The summed E-state index contributed by atoms with van der Waals surface area (Å²) in [5.41, 5.74) is 4.27. The lowest BCUT2D eigenvalue weighted by Crippen LogP contribution is -2.19. The Bertz CT molecular complexity index is 631. The normalized spacial score (nSPS) is 11.2. The molecule has 0 spiro atoms. The van der Waals surface area contributed by atoms with Crippen LogP contribution in [0.25, 0.3) is 0 Å². The molecule has 3 N–H and O–H groups in total. The molecule has 0 aliphatic rings. The number of amides is 1. The average Bonchev–Trinajstić information content (AvgIpc) is 2.46. The number of nitrogens with zero attached hydrogens (tertiary/aromatic N) is 1. The molecule has 0 atom stereocenters. The van der Waals surface area contributed by atoms with Crippen LogP contribution in [0.3, 0.4) is 0 Å². The Hall–Kier alpha value is -2.82. The second-order valence-electron chi connectivity index (χ2n) is 4.23. The van der Waals surface area contributed by atoms with E-state index in [4.69, 9.17) is 5.11 Å². The Balaban J connectivity index is 2.06. The summed E-state index contributed by atoms with van der Waals surface area (Å²) in [6.45, 7) is 1.75. The Morgan fingerprint density at radius 1 is 0.900 bits per heavy atom. The van der Waals surface area contributed by atoms with Gasteiger partial charge in [-0.05, 0) is 61.0 Å². The number of hydrogen-bond acceptors (Lipinski definition) is 4. The molecule has 2 aromatic carbocycles. The summed E-state index contributed by atoms with van der Waals surface area (Å²) in [7, 11) is 0. The van der Waals surface area contributed by atoms with E-state index in [0.717, 1.165) is 5.56 Å². The zero-order valence-corrected chi connectivity index (χ0v) is 10.9. The van der Waals surface area contributed by atoms with Gasteiger partial charge in [0.25, 0.3) is 5.91 Å². The van der Waals surface area contributed by atoms with Gasteiger partial charge in [-0.2, -0.15) is 5.10 Å². The summed E-state index contributed by atoms with van der Waals surface area (Å²) >= 11 is 0. The highest BCUT2D eigenvalue weighted by molar-refractivity contribution is 6.00. The average molecular weight is 270 g/mol. The fourth-order valence-corrected chi connectivity index (χ4v) is 1.58. The van der Waals surface area contributed by atoms with Gasteiger partial charge >= 0.3 is 0 Å². The molecule has 2 aromatic rings. The van der Waals surface area contributed by atoms with Crippen LogP contribution in [0.2, 0.25) is 0 Å². The first-order valence-corrected chi connectivity index (χ1v) is 5.99. The zero-order valence-electron chi connectivity index (χ0n) is 10.9. The maximum atomic E-state index is 11.8. The molecule has 5 nitrogen and oxygen atoms in total. The Morgan fingerprint density at radius 3 is 1.85 bits per heavy atom. The zero-order chi connectivity index (χ0) is 14.5. The van der Waals surface area contributed by atoms with Crippen LogP contribution < -0.4 is 5.43 Å². The van der Waals surface area contributed by atoms with Crippen molar-refractivity contribution >= 4 is 11.6 Å². The van der Waals surface area contributed by atoms with E-state index >= 15 is 0 Å². The van der Waals surface area contributed by atoms with Crippen LogP contribution in [0.5, 0.6) is 11.5 Å². The SMILES string of the molecule is CC(=NNC(=O)c1ccc(O)cc1)c1ccc(O)cc1. The first-order chi connectivity index (χ1) is 9.56. The predicted octanol–water partition coefficient (Wildman–Crippen LogP) is 2.25. The van der Waals surface area contributed by atoms with E-state index in [9.17, 15) is 9.90 Å². The number of rotatable bonds is 3. The van der Waals surface area contributed by atoms with Crippen LogP contribution in [0, 0.1) is 0 Å². The maximum absolute atomic E-state index is 11.8. The summed E-state index contributed by atoms with van der Waals surface area (Å²) in [6.07, 6.45) is 0. The Kier molecular flexibility index (Phi) is 4.00. The lowest BCUT2D eigenvalue weighted by molar-refractivity contribution is 0.0955. The largest absolute Gasteiger partial charge is 0.508 e. The molecule has 0 aliphatic carbocycles. The molecule has 102 valence electrons. The first-order valence-electron chi connectivity index (χ1n) is 5.99. The van der Waals surface area contributed by atoms with Gasteiger partial charge in [0.05, 0.1) is 5.71 Å². The van der Waals surface area contributed by atoms with Crippen LogP contribution in [-0.4, -0.2) is 21.8 Å². The van der Waals surface area contributed by atoms with Gasteiger partial charge in [0.2, 0.25) is 0 Å². The predicted molar refractivity (Wildman–Crippen MR) is 75.9 cm³/mol. The molecule has 1 amide bonds. The molecule has 0 aromatic heterocycles. The Labute approximate surface area is 116 Å². The Morgan fingerprint density at radius 2 is 1.35 bits per heavy atom. The van der Waals surface area contributed by atoms with E-state index in [-0.39, 0.29) is 17.4 Å². The molecule has 0 saturated heterocycles. The van der Waals surface area contributed by atoms with Gasteiger partial charge in [-0.3, -0.25) is 4.79 Å². The molecule has 0 saturated carbocycles. The van der Waals surface area contributed by atoms with Crippen molar-refractivity contribution in [3.63, 3.8) is 0 Å². The van der Waals surface area contributed by atoms with Gasteiger partial charge in [0.15, 0.2) is 0 Å². The van der Waals surface area contributed by atoms with Crippen LogP contribution in [0.15, 0.2) is 53.6 Å². The van der Waals surface area contributed by atoms with Gasteiger partial charge in [-0.25, -0.2) is 5.43 Å². The maximum Gasteiger partial charge on any atom is 0.271 e. The van der Waals surface area contributed by atoms with Gasteiger partial charge in [0.1, 0.15) is 11.5 Å². The minimum absolute atomic E-state index is 0.102. The molecule has 0 bridgehead atoms. The minimum Gasteiger partial charge on any atom is -0.508 e. The van der Waals surface area contributed by atoms with Gasteiger partial charge in [-0.1, -0.05) is 0 Å². The fraction of sp³-hybridized carbons (Fsp3) is 0.0667. The molecular weight excluding hydrogens is 256 g/mol. The summed E-state index contributed by atoms with van der Waals surface area (Å²) in [5, 5.41) is 22.3. The number of carbonyl (C=O) groups is 1. The molecule has 5 heteroatoms. The number of aromatic hydroxyl groups is 2. The number of benzene rings is 2. The van der Waals surface area contributed by atoms with Crippen molar-refractivity contribution in [3.05, 3.63) is 59.7 Å². The molecule has 0 unspecified atom stereocenters. The second kappa shape index (κ2) is 5.88. The summed E-state index contributed by atoms with van der Waals surface area (Å²) in [6, 6.07) is 12.4. The van der Waals surface area contributed by atoms with E-state index in [1.165, 1.54) is 24.3 Å². The van der Waals surface area contributed by atoms with Crippen molar-refractivity contribution in [2.45, 2.75) is 6.92 Å².